The Labute approximate surface area is 144 Å². The van der Waals surface area contributed by atoms with Crippen LogP contribution in [0.25, 0.3) is 0 Å². The van der Waals surface area contributed by atoms with Crippen LogP contribution in [0.1, 0.15) is 46.1 Å². The summed E-state index contributed by atoms with van der Waals surface area (Å²) >= 11 is 5.90. The summed E-state index contributed by atoms with van der Waals surface area (Å²) < 4.78 is 0. The van der Waals surface area contributed by atoms with Crippen molar-refractivity contribution in [2.24, 2.45) is 5.92 Å². The first-order valence-corrected chi connectivity index (χ1v) is 8.50. The molecule has 0 unspecified atom stereocenters. The summed E-state index contributed by atoms with van der Waals surface area (Å²) in [6.45, 7) is 7.72. The number of nitrogens with one attached hydrogen (secondary N) is 2. The molecule has 128 valence electrons. The van der Waals surface area contributed by atoms with Gasteiger partial charge in [-0.05, 0) is 58.2 Å². The van der Waals surface area contributed by atoms with Gasteiger partial charge in [-0.3, -0.25) is 9.59 Å². The van der Waals surface area contributed by atoms with Crippen molar-refractivity contribution in [3.05, 3.63) is 34.9 Å². The maximum absolute atomic E-state index is 12.4. The van der Waals surface area contributed by atoms with E-state index in [1.54, 1.807) is 0 Å². The second-order valence-electron chi connectivity index (χ2n) is 6.45. The van der Waals surface area contributed by atoms with Crippen molar-refractivity contribution in [3.8, 4) is 0 Å². The average Bonchev–Trinajstić information content (AvgIpc) is 2.43. The zero-order valence-electron chi connectivity index (χ0n) is 14.4. The van der Waals surface area contributed by atoms with E-state index in [2.05, 4.69) is 10.6 Å². The molecule has 2 amide bonds. The van der Waals surface area contributed by atoms with Crippen molar-refractivity contribution >= 4 is 23.4 Å². The molecule has 23 heavy (non-hydrogen) atoms. The molecule has 0 aliphatic rings. The Morgan fingerprint density at radius 1 is 1.00 bits per heavy atom. The lowest BCUT2D eigenvalue weighted by molar-refractivity contribution is -0.126. The Kier molecular flexibility index (Phi) is 8.10. The number of amides is 2. The van der Waals surface area contributed by atoms with Crippen molar-refractivity contribution < 1.29 is 9.59 Å². The van der Waals surface area contributed by atoms with Crippen LogP contribution in [0.5, 0.6) is 0 Å². The van der Waals surface area contributed by atoms with E-state index < -0.39 is 0 Å². The second-order valence-corrected chi connectivity index (χ2v) is 6.89. The molecule has 0 radical (unpaired) electrons. The topological polar surface area (TPSA) is 58.2 Å². The third-order valence-electron chi connectivity index (χ3n) is 3.37. The van der Waals surface area contributed by atoms with E-state index in [4.69, 9.17) is 11.6 Å². The van der Waals surface area contributed by atoms with Gasteiger partial charge in [0.2, 0.25) is 11.8 Å². The SMILES string of the molecule is CC(C)NC(=O)CC[C@H](Cc1ccc(Cl)cc1)C(=O)NC(C)C. The predicted octanol–water partition coefficient (Wildman–Crippen LogP) is 3.33. The Morgan fingerprint density at radius 2 is 1.57 bits per heavy atom. The molecule has 1 rings (SSSR count). The van der Waals surface area contributed by atoms with Gasteiger partial charge in [0, 0.05) is 29.4 Å². The molecule has 2 N–H and O–H groups in total. The van der Waals surface area contributed by atoms with Crippen LogP contribution in [-0.4, -0.2) is 23.9 Å². The van der Waals surface area contributed by atoms with E-state index in [1.807, 2.05) is 52.0 Å². The first-order valence-electron chi connectivity index (χ1n) is 8.12. The maximum Gasteiger partial charge on any atom is 0.223 e. The van der Waals surface area contributed by atoms with Gasteiger partial charge in [0.1, 0.15) is 0 Å². The predicted molar refractivity (Wildman–Crippen MR) is 94.4 cm³/mol. The van der Waals surface area contributed by atoms with E-state index >= 15 is 0 Å². The smallest absolute Gasteiger partial charge is 0.223 e. The Balaban J connectivity index is 2.70. The standard InChI is InChI=1S/C18H27ClN2O2/c1-12(2)20-17(22)10-7-15(18(23)21-13(3)4)11-14-5-8-16(19)9-6-14/h5-6,8-9,12-13,15H,7,10-11H2,1-4H3,(H,20,22)(H,21,23)/t15-/m1/s1. The largest absolute Gasteiger partial charge is 0.354 e. The summed E-state index contributed by atoms with van der Waals surface area (Å²) in [5.41, 5.74) is 1.04. The van der Waals surface area contributed by atoms with Crippen molar-refractivity contribution in [2.45, 2.75) is 59.0 Å². The Morgan fingerprint density at radius 3 is 2.09 bits per heavy atom. The minimum atomic E-state index is -0.225. The molecule has 5 heteroatoms. The highest BCUT2D eigenvalue weighted by Crippen LogP contribution is 2.17. The number of halogens is 1. The van der Waals surface area contributed by atoms with E-state index in [-0.39, 0.29) is 29.8 Å². The fraction of sp³-hybridized carbons (Fsp3) is 0.556. The molecule has 0 saturated carbocycles. The van der Waals surface area contributed by atoms with E-state index in [9.17, 15) is 9.59 Å². The van der Waals surface area contributed by atoms with E-state index in [0.29, 0.717) is 24.3 Å². The molecular weight excluding hydrogens is 312 g/mol. The number of benzene rings is 1. The fourth-order valence-corrected chi connectivity index (χ4v) is 2.46. The van der Waals surface area contributed by atoms with Gasteiger partial charge in [-0.25, -0.2) is 0 Å². The zero-order valence-corrected chi connectivity index (χ0v) is 15.1. The molecule has 0 aliphatic heterocycles. The van der Waals surface area contributed by atoms with Crippen LogP contribution < -0.4 is 10.6 Å². The van der Waals surface area contributed by atoms with Crippen molar-refractivity contribution in [2.75, 3.05) is 0 Å². The summed E-state index contributed by atoms with van der Waals surface area (Å²) in [7, 11) is 0. The van der Waals surface area contributed by atoms with Crippen molar-refractivity contribution in [3.63, 3.8) is 0 Å². The normalized spacial score (nSPS) is 12.3. The fourth-order valence-electron chi connectivity index (χ4n) is 2.33. The zero-order chi connectivity index (χ0) is 17.4. The van der Waals surface area contributed by atoms with E-state index in [1.165, 1.54) is 0 Å². The summed E-state index contributed by atoms with van der Waals surface area (Å²) in [5.74, 6) is -0.248. The second kappa shape index (κ2) is 9.56. The van der Waals surface area contributed by atoms with Gasteiger partial charge in [-0.2, -0.15) is 0 Å². The Hall–Kier alpha value is -1.55. The molecule has 0 saturated heterocycles. The van der Waals surface area contributed by atoms with Gasteiger partial charge in [-0.1, -0.05) is 23.7 Å². The van der Waals surface area contributed by atoms with Gasteiger partial charge in [-0.15, -0.1) is 0 Å². The van der Waals surface area contributed by atoms with Gasteiger partial charge < -0.3 is 10.6 Å². The van der Waals surface area contributed by atoms with Gasteiger partial charge in [0.25, 0.3) is 0 Å². The van der Waals surface area contributed by atoms with Gasteiger partial charge in [0.15, 0.2) is 0 Å². The maximum atomic E-state index is 12.4. The van der Waals surface area contributed by atoms with Crippen LogP contribution in [0.3, 0.4) is 0 Å². The molecule has 1 atom stereocenters. The molecule has 0 aliphatic carbocycles. The highest BCUT2D eigenvalue weighted by Gasteiger charge is 2.21. The van der Waals surface area contributed by atoms with Crippen molar-refractivity contribution in [1.82, 2.24) is 10.6 Å². The number of rotatable bonds is 8. The van der Waals surface area contributed by atoms with Crippen LogP contribution in [0.2, 0.25) is 5.02 Å². The third kappa shape index (κ3) is 8.03. The molecule has 1 aromatic rings. The quantitative estimate of drug-likeness (QED) is 0.763. The van der Waals surface area contributed by atoms with Gasteiger partial charge in [0.05, 0.1) is 0 Å². The average molecular weight is 339 g/mol. The molecule has 0 spiro atoms. The van der Waals surface area contributed by atoms with Crippen LogP contribution >= 0.6 is 11.6 Å². The Bertz CT molecular complexity index is 512. The monoisotopic (exact) mass is 338 g/mol. The minimum absolute atomic E-state index is 0.00713. The third-order valence-corrected chi connectivity index (χ3v) is 3.62. The molecule has 4 nitrogen and oxygen atoms in total. The molecule has 0 bridgehead atoms. The first-order chi connectivity index (χ1) is 10.8. The summed E-state index contributed by atoms with van der Waals surface area (Å²) in [6.07, 6.45) is 1.48. The van der Waals surface area contributed by atoms with Crippen LogP contribution in [0, 0.1) is 5.92 Å². The highest BCUT2D eigenvalue weighted by atomic mass is 35.5. The van der Waals surface area contributed by atoms with Crippen LogP contribution in [0.15, 0.2) is 24.3 Å². The molecule has 0 heterocycles. The summed E-state index contributed by atoms with van der Waals surface area (Å²) in [4.78, 5) is 24.2. The molecule has 1 aromatic carbocycles. The molecule has 0 fully saturated rings. The lowest BCUT2D eigenvalue weighted by atomic mass is 9.93. The van der Waals surface area contributed by atoms with Gasteiger partial charge >= 0.3 is 0 Å². The first kappa shape index (κ1) is 19.5. The number of carbonyl (C=O) groups is 2. The number of hydrogen-bond acceptors (Lipinski definition) is 2. The lowest BCUT2D eigenvalue weighted by Gasteiger charge is -2.19. The lowest BCUT2D eigenvalue weighted by Crippen LogP contribution is -2.37. The molecule has 0 aromatic heterocycles. The summed E-state index contributed by atoms with van der Waals surface area (Å²) in [6, 6.07) is 7.68. The van der Waals surface area contributed by atoms with Crippen molar-refractivity contribution in [1.29, 1.82) is 0 Å². The highest BCUT2D eigenvalue weighted by molar-refractivity contribution is 6.30. The number of carbonyl (C=O) groups excluding carboxylic acids is 2. The number of hydrogen-bond donors (Lipinski definition) is 2. The van der Waals surface area contributed by atoms with Crippen LogP contribution in [-0.2, 0) is 16.0 Å². The van der Waals surface area contributed by atoms with Crippen LogP contribution in [0.4, 0.5) is 0 Å². The van der Waals surface area contributed by atoms with E-state index in [0.717, 1.165) is 5.56 Å². The minimum Gasteiger partial charge on any atom is -0.354 e. The molecular formula is C18H27ClN2O2. The summed E-state index contributed by atoms with van der Waals surface area (Å²) in [5, 5.41) is 6.48.